The number of hydrogen-bond donors (Lipinski definition) is 1. The Bertz CT molecular complexity index is 227. The van der Waals surface area contributed by atoms with Crippen molar-refractivity contribution < 1.29 is 9.47 Å². The Morgan fingerprint density at radius 1 is 0.818 bits per heavy atom. The van der Waals surface area contributed by atoms with E-state index in [1.807, 2.05) is 13.8 Å². The second-order valence-corrected chi connectivity index (χ2v) is 6.51. The van der Waals surface area contributed by atoms with Gasteiger partial charge in [0.15, 0.2) is 5.79 Å². The zero-order valence-electron chi connectivity index (χ0n) is 15.7. The van der Waals surface area contributed by atoms with Crippen molar-refractivity contribution in [2.24, 2.45) is 11.7 Å². The van der Waals surface area contributed by atoms with Crippen LogP contribution in [0.5, 0.6) is 0 Å². The monoisotopic (exact) mass is 315 g/mol. The van der Waals surface area contributed by atoms with E-state index in [2.05, 4.69) is 13.8 Å². The Morgan fingerprint density at radius 2 is 1.36 bits per heavy atom. The van der Waals surface area contributed by atoms with E-state index >= 15 is 0 Å². The van der Waals surface area contributed by atoms with E-state index in [1.54, 1.807) is 0 Å². The summed E-state index contributed by atoms with van der Waals surface area (Å²) in [5.41, 5.74) is 5.60. The third-order valence-corrected chi connectivity index (χ3v) is 4.54. The summed E-state index contributed by atoms with van der Waals surface area (Å²) < 4.78 is 11.5. The van der Waals surface area contributed by atoms with Gasteiger partial charge in [0.2, 0.25) is 0 Å². The maximum Gasteiger partial charge on any atom is 0.165 e. The number of rotatable bonds is 16. The van der Waals surface area contributed by atoms with Gasteiger partial charge in [-0.05, 0) is 52.5 Å². The van der Waals surface area contributed by atoms with Crippen LogP contribution < -0.4 is 5.73 Å². The largest absolute Gasteiger partial charge is 0.351 e. The fourth-order valence-corrected chi connectivity index (χ4v) is 3.17. The Morgan fingerprint density at radius 3 is 1.91 bits per heavy atom. The lowest BCUT2D eigenvalue weighted by Gasteiger charge is -2.29. The summed E-state index contributed by atoms with van der Waals surface area (Å²) in [6.45, 7) is 10.7. The van der Waals surface area contributed by atoms with Gasteiger partial charge >= 0.3 is 0 Å². The van der Waals surface area contributed by atoms with Crippen molar-refractivity contribution in [1.29, 1.82) is 0 Å². The van der Waals surface area contributed by atoms with Gasteiger partial charge in [0.25, 0.3) is 0 Å². The third-order valence-electron chi connectivity index (χ3n) is 4.54. The van der Waals surface area contributed by atoms with E-state index in [0.29, 0.717) is 0 Å². The zero-order valence-corrected chi connectivity index (χ0v) is 15.7. The molecule has 0 saturated carbocycles. The lowest BCUT2D eigenvalue weighted by molar-refractivity contribution is -0.225. The number of ether oxygens (including phenoxy) is 2. The summed E-state index contributed by atoms with van der Waals surface area (Å²) in [5.74, 6) is 0.515. The molecule has 2 N–H and O–H groups in total. The lowest BCUT2D eigenvalue weighted by atomic mass is 9.93. The van der Waals surface area contributed by atoms with Crippen LogP contribution in [-0.4, -0.2) is 25.5 Å². The highest BCUT2D eigenvalue weighted by Crippen LogP contribution is 2.23. The van der Waals surface area contributed by atoms with Crippen LogP contribution in [0.3, 0.4) is 0 Å². The smallest absolute Gasteiger partial charge is 0.165 e. The number of nitrogens with two attached hydrogens (primary N) is 1. The molecule has 0 aromatic heterocycles. The minimum absolute atomic E-state index is 0.376. The first-order valence-corrected chi connectivity index (χ1v) is 9.59. The van der Waals surface area contributed by atoms with Crippen LogP contribution in [0, 0.1) is 5.92 Å². The summed E-state index contributed by atoms with van der Waals surface area (Å²) in [6, 6.07) is 0. The molecule has 0 aromatic carbocycles. The second-order valence-electron chi connectivity index (χ2n) is 6.51. The van der Waals surface area contributed by atoms with E-state index in [4.69, 9.17) is 15.2 Å². The molecular formula is C19H41NO2. The second kappa shape index (κ2) is 14.5. The van der Waals surface area contributed by atoms with Crippen molar-refractivity contribution in [3.8, 4) is 0 Å². The maximum atomic E-state index is 5.75. The van der Waals surface area contributed by atoms with Gasteiger partial charge < -0.3 is 15.2 Å². The van der Waals surface area contributed by atoms with Gasteiger partial charge in [-0.3, -0.25) is 0 Å². The molecule has 0 aliphatic carbocycles. The molecule has 0 aromatic rings. The minimum Gasteiger partial charge on any atom is -0.351 e. The quantitative estimate of drug-likeness (QED) is 0.312. The van der Waals surface area contributed by atoms with E-state index < -0.39 is 0 Å². The van der Waals surface area contributed by atoms with Crippen molar-refractivity contribution in [1.82, 2.24) is 0 Å². The van der Waals surface area contributed by atoms with E-state index in [1.165, 1.54) is 57.8 Å². The molecule has 0 rings (SSSR count). The van der Waals surface area contributed by atoms with Crippen molar-refractivity contribution in [2.45, 2.75) is 97.7 Å². The first-order valence-electron chi connectivity index (χ1n) is 9.59. The molecule has 0 aliphatic rings. The van der Waals surface area contributed by atoms with Gasteiger partial charge in [-0.15, -0.1) is 0 Å². The van der Waals surface area contributed by atoms with Gasteiger partial charge in [0.05, 0.1) is 0 Å². The van der Waals surface area contributed by atoms with Crippen LogP contribution in [0.2, 0.25) is 0 Å². The Labute approximate surface area is 139 Å². The molecule has 0 aliphatic heterocycles. The summed E-state index contributed by atoms with van der Waals surface area (Å²) >= 11 is 0. The third kappa shape index (κ3) is 11.4. The molecule has 0 heterocycles. The van der Waals surface area contributed by atoms with Gasteiger partial charge in [-0.2, -0.15) is 0 Å². The van der Waals surface area contributed by atoms with Crippen molar-refractivity contribution in [3.63, 3.8) is 0 Å². The Kier molecular flexibility index (Phi) is 14.4. The highest BCUT2D eigenvalue weighted by Gasteiger charge is 2.23. The summed E-state index contributed by atoms with van der Waals surface area (Å²) in [6.07, 6.45) is 12.7. The fourth-order valence-electron chi connectivity index (χ4n) is 3.17. The first-order chi connectivity index (χ1) is 10.6. The van der Waals surface area contributed by atoms with E-state index in [-0.39, 0.29) is 5.79 Å². The molecule has 0 saturated heterocycles. The van der Waals surface area contributed by atoms with Crippen LogP contribution >= 0.6 is 0 Å². The lowest BCUT2D eigenvalue weighted by Crippen LogP contribution is -2.32. The predicted octanol–water partition coefficient (Wildman–Crippen LogP) is 5.27. The van der Waals surface area contributed by atoms with E-state index in [9.17, 15) is 0 Å². The Balaban J connectivity index is 3.63. The number of unbranched alkanes of at least 4 members (excludes halogenated alkanes) is 4. The topological polar surface area (TPSA) is 44.5 Å². The minimum atomic E-state index is -0.376. The standard InChI is InChI=1S/C19H41NO2/c1-5-18(15-13-17-20)14-11-9-8-10-12-16-19(4,21-6-2)22-7-3/h18H,5-17,20H2,1-4H3. The van der Waals surface area contributed by atoms with Crippen LogP contribution in [0.25, 0.3) is 0 Å². The molecule has 3 nitrogen and oxygen atoms in total. The highest BCUT2D eigenvalue weighted by molar-refractivity contribution is 4.64. The summed E-state index contributed by atoms with van der Waals surface area (Å²) in [4.78, 5) is 0. The molecular weight excluding hydrogens is 274 g/mol. The van der Waals surface area contributed by atoms with Crippen molar-refractivity contribution in [3.05, 3.63) is 0 Å². The van der Waals surface area contributed by atoms with Crippen molar-refractivity contribution >= 4 is 0 Å². The molecule has 0 fully saturated rings. The first kappa shape index (κ1) is 21.9. The molecule has 1 atom stereocenters. The van der Waals surface area contributed by atoms with E-state index in [0.717, 1.165) is 32.1 Å². The van der Waals surface area contributed by atoms with Crippen LogP contribution in [0.1, 0.15) is 91.9 Å². The van der Waals surface area contributed by atoms with Gasteiger partial charge in [0.1, 0.15) is 0 Å². The SMILES string of the molecule is CCOC(C)(CCCCCCCC(CC)CCCN)OCC. The Hall–Kier alpha value is -0.120. The molecule has 1 unspecified atom stereocenters. The summed E-state index contributed by atoms with van der Waals surface area (Å²) in [7, 11) is 0. The van der Waals surface area contributed by atoms with Gasteiger partial charge in [0, 0.05) is 19.6 Å². The normalized spacial score (nSPS) is 13.5. The molecule has 0 amide bonds. The van der Waals surface area contributed by atoms with Crippen LogP contribution in [0.15, 0.2) is 0 Å². The zero-order chi connectivity index (χ0) is 16.7. The van der Waals surface area contributed by atoms with Crippen LogP contribution in [0.4, 0.5) is 0 Å². The molecule has 22 heavy (non-hydrogen) atoms. The maximum absolute atomic E-state index is 5.75. The molecule has 0 radical (unpaired) electrons. The molecule has 134 valence electrons. The average molecular weight is 316 g/mol. The van der Waals surface area contributed by atoms with Crippen LogP contribution in [-0.2, 0) is 9.47 Å². The summed E-state index contributed by atoms with van der Waals surface area (Å²) in [5, 5.41) is 0. The fraction of sp³-hybridized carbons (Fsp3) is 1.00. The van der Waals surface area contributed by atoms with Gasteiger partial charge in [-0.25, -0.2) is 0 Å². The molecule has 0 spiro atoms. The predicted molar refractivity (Wildman–Crippen MR) is 96.0 cm³/mol. The molecule has 0 bridgehead atoms. The van der Waals surface area contributed by atoms with Gasteiger partial charge in [-0.1, -0.05) is 45.4 Å². The highest BCUT2D eigenvalue weighted by atomic mass is 16.7. The average Bonchev–Trinajstić information content (AvgIpc) is 2.49. The number of hydrogen-bond acceptors (Lipinski definition) is 3. The molecule has 3 heteroatoms. The van der Waals surface area contributed by atoms with Crippen molar-refractivity contribution in [2.75, 3.05) is 19.8 Å².